The summed E-state index contributed by atoms with van der Waals surface area (Å²) in [6.07, 6.45) is 1.86. The summed E-state index contributed by atoms with van der Waals surface area (Å²) in [5, 5.41) is 2.77. The van der Waals surface area contributed by atoms with Crippen LogP contribution in [-0.2, 0) is 9.59 Å². The van der Waals surface area contributed by atoms with Gasteiger partial charge in [0.05, 0.1) is 11.6 Å². The number of anilines is 1. The van der Waals surface area contributed by atoms with Crippen molar-refractivity contribution in [2.45, 2.75) is 19.8 Å². The molecule has 0 bridgehead atoms. The zero-order chi connectivity index (χ0) is 16.8. The van der Waals surface area contributed by atoms with Gasteiger partial charge in [-0.1, -0.05) is 13.3 Å². The van der Waals surface area contributed by atoms with Gasteiger partial charge in [-0.05, 0) is 24.6 Å². The molecule has 0 radical (unpaired) electrons. The summed E-state index contributed by atoms with van der Waals surface area (Å²) in [7, 11) is 0. The normalized spacial score (nSPS) is 13.3. The molecule has 124 valence electrons. The standard InChI is InChI=1S/C16H19ClN2O4/c1-2-3-6-18-15(21)9-19-12-7-11(13(20)8-17)4-5-14(12)23-10-16(19)22/h4-5,7H,2-3,6,8-10H2,1H3,(H,18,21). The molecule has 0 atom stereocenters. The second-order valence-corrected chi connectivity index (χ2v) is 5.48. The minimum atomic E-state index is -0.321. The van der Waals surface area contributed by atoms with Crippen LogP contribution in [0.1, 0.15) is 30.1 Å². The van der Waals surface area contributed by atoms with E-state index in [0.717, 1.165) is 12.8 Å². The molecule has 1 N–H and O–H groups in total. The quantitative estimate of drug-likeness (QED) is 0.467. The van der Waals surface area contributed by atoms with Crippen molar-refractivity contribution < 1.29 is 19.1 Å². The van der Waals surface area contributed by atoms with Gasteiger partial charge < -0.3 is 10.1 Å². The molecular weight excluding hydrogens is 320 g/mol. The van der Waals surface area contributed by atoms with Gasteiger partial charge in [0.1, 0.15) is 12.3 Å². The van der Waals surface area contributed by atoms with Gasteiger partial charge in [0.25, 0.3) is 5.91 Å². The van der Waals surface area contributed by atoms with Gasteiger partial charge in [0, 0.05) is 12.1 Å². The van der Waals surface area contributed by atoms with Crippen LogP contribution in [0.5, 0.6) is 5.75 Å². The number of carbonyl (C=O) groups is 3. The number of unbranched alkanes of at least 4 members (excludes halogenated alkanes) is 1. The molecule has 1 aliphatic rings. The third kappa shape index (κ3) is 4.22. The predicted molar refractivity (Wildman–Crippen MR) is 87.3 cm³/mol. The molecule has 1 aromatic carbocycles. The predicted octanol–water partition coefficient (Wildman–Crippen LogP) is 1.75. The van der Waals surface area contributed by atoms with E-state index in [1.54, 1.807) is 12.1 Å². The highest BCUT2D eigenvalue weighted by molar-refractivity contribution is 6.30. The maximum Gasteiger partial charge on any atom is 0.265 e. The number of ketones is 1. The van der Waals surface area contributed by atoms with Gasteiger partial charge >= 0.3 is 0 Å². The summed E-state index contributed by atoms with van der Waals surface area (Å²) in [6.45, 7) is 2.38. The number of nitrogens with one attached hydrogen (secondary N) is 1. The molecule has 2 rings (SSSR count). The minimum Gasteiger partial charge on any atom is -0.482 e. The minimum absolute atomic E-state index is 0.0998. The Labute approximate surface area is 139 Å². The number of benzene rings is 1. The molecule has 1 aliphatic heterocycles. The zero-order valence-corrected chi connectivity index (χ0v) is 13.7. The van der Waals surface area contributed by atoms with E-state index in [2.05, 4.69) is 5.32 Å². The number of carbonyl (C=O) groups excluding carboxylic acids is 3. The molecular formula is C16H19ClN2O4. The number of hydrogen-bond acceptors (Lipinski definition) is 4. The van der Waals surface area contributed by atoms with Crippen LogP contribution in [-0.4, -0.2) is 43.2 Å². The highest BCUT2D eigenvalue weighted by Crippen LogP contribution is 2.33. The van der Waals surface area contributed by atoms with E-state index in [-0.39, 0.29) is 36.6 Å². The van der Waals surface area contributed by atoms with Crippen molar-refractivity contribution >= 4 is 34.9 Å². The molecule has 0 aromatic heterocycles. The van der Waals surface area contributed by atoms with Gasteiger partial charge in [0.15, 0.2) is 12.4 Å². The number of alkyl halides is 1. The number of ether oxygens (including phenoxy) is 1. The fourth-order valence-electron chi connectivity index (χ4n) is 2.23. The Hall–Kier alpha value is -2.08. The van der Waals surface area contributed by atoms with Crippen molar-refractivity contribution in [3.05, 3.63) is 23.8 Å². The maximum atomic E-state index is 12.1. The number of hydrogen-bond donors (Lipinski definition) is 1. The second kappa shape index (κ2) is 7.97. The SMILES string of the molecule is CCCCNC(=O)CN1C(=O)COc2ccc(C(=O)CCl)cc21. The number of fused-ring (bicyclic) bond motifs is 1. The van der Waals surface area contributed by atoms with E-state index in [1.165, 1.54) is 11.0 Å². The third-order valence-electron chi connectivity index (χ3n) is 3.50. The van der Waals surface area contributed by atoms with Crippen LogP contribution < -0.4 is 15.0 Å². The Bertz CT molecular complexity index is 618. The summed E-state index contributed by atoms with van der Waals surface area (Å²) in [5.41, 5.74) is 0.802. The Kier molecular flexibility index (Phi) is 5.98. The van der Waals surface area contributed by atoms with Crippen LogP contribution in [0.25, 0.3) is 0 Å². The molecule has 23 heavy (non-hydrogen) atoms. The fraction of sp³-hybridized carbons (Fsp3) is 0.438. The fourth-order valence-corrected chi connectivity index (χ4v) is 2.38. The van der Waals surface area contributed by atoms with Crippen LogP contribution in [0.15, 0.2) is 18.2 Å². The first-order valence-corrected chi connectivity index (χ1v) is 8.03. The molecule has 0 spiro atoms. The molecule has 1 aromatic rings. The van der Waals surface area contributed by atoms with Crippen molar-refractivity contribution in [2.24, 2.45) is 0 Å². The molecule has 2 amide bonds. The zero-order valence-electron chi connectivity index (χ0n) is 12.9. The van der Waals surface area contributed by atoms with E-state index in [1.807, 2.05) is 6.92 Å². The first-order valence-electron chi connectivity index (χ1n) is 7.50. The lowest BCUT2D eigenvalue weighted by Gasteiger charge is -2.29. The van der Waals surface area contributed by atoms with Crippen molar-refractivity contribution in [3.8, 4) is 5.75 Å². The van der Waals surface area contributed by atoms with Gasteiger partial charge in [-0.25, -0.2) is 0 Å². The van der Waals surface area contributed by atoms with Crippen molar-refractivity contribution in [2.75, 3.05) is 30.5 Å². The van der Waals surface area contributed by atoms with Gasteiger partial charge in [-0.15, -0.1) is 11.6 Å². The average molecular weight is 339 g/mol. The van der Waals surface area contributed by atoms with Gasteiger partial charge in [-0.2, -0.15) is 0 Å². The number of rotatable bonds is 7. The summed E-state index contributed by atoms with van der Waals surface area (Å²) < 4.78 is 5.35. The highest BCUT2D eigenvalue weighted by atomic mass is 35.5. The Morgan fingerprint density at radius 3 is 2.87 bits per heavy atom. The number of Topliss-reactive ketones (excluding diaryl/α,β-unsaturated/α-hetero) is 1. The van der Waals surface area contributed by atoms with Crippen molar-refractivity contribution in [3.63, 3.8) is 0 Å². The van der Waals surface area contributed by atoms with E-state index < -0.39 is 0 Å². The van der Waals surface area contributed by atoms with Gasteiger partial charge in [0.2, 0.25) is 5.91 Å². The average Bonchev–Trinajstić information content (AvgIpc) is 2.56. The summed E-state index contributed by atoms with van der Waals surface area (Å²) in [5.74, 6) is -0.491. The molecule has 0 aliphatic carbocycles. The second-order valence-electron chi connectivity index (χ2n) is 5.21. The Balaban J connectivity index is 2.19. The lowest BCUT2D eigenvalue weighted by molar-refractivity contribution is -0.125. The molecule has 0 saturated carbocycles. The van der Waals surface area contributed by atoms with Crippen molar-refractivity contribution in [1.29, 1.82) is 0 Å². The summed E-state index contributed by atoms with van der Waals surface area (Å²) >= 11 is 5.56. The van der Waals surface area contributed by atoms with E-state index in [9.17, 15) is 14.4 Å². The van der Waals surface area contributed by atoms with Crippen LogP contribution in [0, 0.1) is 0 Å². The van der Waals surface area contributed by atoms with Crippen LogP contribution in [0.3, 0.4) is 0 Å². The largest absolute Gasteiger partial charge is 0.482 e. The number of nitrogens with zero attached hydrogens (tertiary/aromatic N) is 1. The molecule has 7 heteroatoms. The molecule has 0 saturated heterocycles. The lowest BCUT2D eigenvalue weighted by atomic mass is 10.1. The third-order valence-corrected chi connectivity index (χ3v) is 3.74. The van der Waals surface area contributed by atoms with E-state index in [4.69, 9.17) is 16.3 Å². The van der Waals surface area contributed by atoms with Crippen LogP contribution in [0.2, 0.25) is 0 Å². The molecule has 6 nitrogen and oxygen atoms in total. The number of amides is 2. The van der Waals surface area contributed by atoms with Crippen LogP contribution >= 0.6 is 11.6 Å². The molecule has 0 fully saturated rings. The topological polar surface area (TPSA) is 75.7 Å². The Morgan fingerprint density at radius 1 is 1.39 bits per heavy atom. The van der Waals surface area contributed by atoms with E-state index >= 15 is 0 Å². The number of halogens is 1. The molecule has 1 heterocycles. The summed E-state index contributed by atoms with van der Waals surface area (Å²) in [4.78, 5) is 37.1. The monoisotopic (exact) mass is 338 g/mol. The first-order chi connectivity index (χ1) is 11.1. The summed E-state index contributed by atoms with van der Waals surface area (Å²) in [6, 6.07) is 4.75. The Morgan fingerprint density at radius 2 is 2.17 bits per heavy atom. The van der Waals surface area contributed by atoms with E-state index in [0.29, 0.717) is 23.5 Å². The maximum absolute atomic E-state index is 12.1. The first kappa shape index (κ1) is 17.3. The smallest absolute Gasteiger partial charge is 0.265 e. The lowest BCUT2D eigenvalue weighted by Crippen LogP contribution is -2.45. The van der Waals surface area contributed by atoms with Gasteiger partial charge in [-0.3, -0.25) is 19.3 Å². The highest BCUT2D eigenvalue weighted by Gasteiger charge is 2.28. The van der Waals surface area contributed by atoms with Crippen molar-refractivity contribution in [1.82, 2.24) is 5.32 Å². The van der Waals surface area contributed by atoms with Crippen LogP contribution in [0.4, 0.5) is 5.69 Å². The molecule has 0 unspecified atom stereocenters.